The van der Waals surface area contributed by atoms with Crippen LogP contribution < -0.4 is 15.4 Å². The average Bonchev–Trinajstić information content (AvgIpc) is 2.80. The van der Waals surface area contributed by atoms with Gasteiger partial charge >= 0.3 is 0 Å². The number of methoxy groups -OCH3 is 1. The third kappa shape index (κ3) is 6.45. The van der Waals surface area contributed by atoms with E-state index >= 15 is 0 Å². The highest BCUT2D eigenvalue weighted by Gasteiger charge is 2.31. The molecule has 0 aromatic heterocycles. The minimum atomic E-state index is -0.437. The molecule has 2 amide bonds. The fourth-order valence-corrected chi connectivity index (χ4v) is 4.08. The molecule has 1 unspecified atom stereocenters. The van der Waals surface area contributed by atoms with Crippen molar-refractivity contribution in [1.29, 1.82) is 0 Å². The Kier molecular flexibility index (Phi) is 8.90. The molecule has 0 bridgehead atoms. The van der Waals surface area contributed by atoms with Crippen molar-refractivity contribution in [3.05, 3.63) is 59.1 Å². The molecule has 7 nitrogen and oxygen atoms in total. The zero-order valence-corrected chi connectivity index (χ0v) is 19.4. The summed E-state index contributed by atoms with van der Waals surface area (Å²) in [6.07, 6.45) is 0.923. The summed E-state index contributed by atoms with van der Waals surface area (Å²) in [7, 11) is 1.55. The van der Waals surface area contributed by atoms with Crippen molar-refractivity contribution in [2.24, 2.45) is 0 Å². The van der Waals surface area contributed by atoms with Crippen LogP contribution in [-0.2, 0) is 9.59 Å². The molecule has 1 fully saturated rings. The van der Waals surface area contributed by atoms with Gasteiger partial charge in [-0.25, -0.2) is 0 Å². The van der Waals surface area contributed by atoms with Crippen molar-refractivity contribution in [2.75, 3.05) is 51.7 Å². The van der Waals surface area contributed by atoms with Crippen LogP contribution in [0.2, 0.25) is 5.02 Å². The Balaban J connectivity index is 1.68. The molecule has 3 rings (SSSR count). The minimum Gasteiger partial charge on any atom is -0.495 e. The molecule has 172 valence electrons. The quantitative estimate of drug-likeness (QED) is 0.603. The zero-order chi connectivity index (χ0) is 22.9. The van der Waals surface area contributed by atoms with Crippen LogP contribution in [0.3, 0.4) is 0 Å². The second-order valence-corrected chi connectivity index (χ2v) is 8.22. The summed E-state index contributed by atoms with van der Waals surface area (Å²) in [5.41, 5.74) is 1.55. The number of carbonyl (C=O) groups excluding carboxylic acids is 2. The molecule has 0 aliphatic carbocycles. The number of ether oxygens (including phenoxy) is 1. The third-order valence-electron chi connectivity index (χ3n) is 5.49. The van der Waals surface area contributed by atoms with Gasteiger partial charge in [-0.15, -0.1) is 0 Å². The van der Waals surface area contributed by atoms with Gasteiger partial charge in [0.05, 0.1) is 18.7 Å². The molecule has 2 aromatic carbocycles. The normalized spacial score (nSPS) is 15.7. The van der Waals surface area contributed by atoms with Gasteiger partial charge in [0.1, 0.15) is 11.8 Å². The molecule has 8 heteroatoms. The smallest absolute Gasteiger partial charge is 0.246 e. The average molecular weight is 459 g/mol. The van der Waals surface area contributed by atoms with E-state index in [0.29, 0.717) is 42.6 Å². The molecule has 1 heterocycles. The number of hydrogen-bond donors (Lipinski definition) is 2. The van der Waals surface area contributed by atoms with Crippen LogP contribution in [0.15, 0.2) is 48.5 Å². The molecule has 1 saturated heterocycles. The summed E-state index contributed by atoms with van der Waals surface area (Å²) in [5.74, 6) is 0.490. The maximum atomic E-state index is 13.4. The largest absolute Gasteiger partial charge is 0.495 e. The maximum absolute atomic E-state index is 13.4. The lowest BCUT2D eigenvalue weighted by Gasteiger charge is -2.38. The van der Waals surface area contributed by atoms with Gasteiger partial charge in [-0.2, -0.15) is 0 Å². The predicted octanol–water partition coefficient (Wildman–Crippen LogP) is 3.17. The highest BCUT2D eigenvalue weighted by molar-refractivity contribution is 6.32. The van der Waals surface area contributed by atoms with Crippen LogP contribution in [-0.4, -0.2) is 68.0 Å². The first-order chi connectivity index (χ1) is 15.5. The Labute approximate surface area is 194 Å². The molecule has 1 aliphatic heterocycles. The Bertz CT molecular complexity index is 901. The van der Waals surface area contributed by atoms with E-state index in [9.17, 15) is 9.59 Å². The molecule has 1 atom stereocenters. The number of nitrogens with zero attached hydrogens (tertiary/aromatic N) is 2. The Morgan fingerprint density at radius 3 is 2.44 bits per heavy atom. The van der Waals surface area contributed by atoms with E-state index in [4.69, 9.17) is 16.3 Å². The first-order valence-electron chi connectivity index (χ1n) is 10.9. The number of amides is 2. The molecule has 32 heavy (non-hydrogen) atoms. The Hall–Kier alpha value is -2.61. The van der Waals surface area contributed by atoms with E-state index in [-0.39, 0.29) is 11.8 Å². The fourth-order valence-electron chi connectivity index (χ4n) is 3.82. The SMILES string of the molecule is CCCNC(=O)CN1CCN(C(C(=O)Nc2ccc(OC)c(Cl)c2)c2ccccc2)CC1. The Morgan fingerprint density at radius 1 is 1.09 bits per heavy atom. The lowest BCUT2D eigenvalue weighted by atomic mass is 10.0. The standard InChI is InChI=1S/C24H31ClN4O3/c1-3-11-26-22(30)17-28-12-14-29(15-13-28)23(18-7-5-4-6-8-18)24(31)27-19-9-10-21(32-2)20(25)16-19/h4-10,16,23H,3,11-15,17H2,1-2H3,(H,26,30)(H,27,31). The summed E-state index contributed by atoms with van der Waals surface area (Å²) < 4.78 is 5.19. The van der Waals surface area contributed by atoms with Gasteiger partial charge in [-0.3, -0.25) is 19.4 Å². The topological polar surface area (TPSA) is 73.9 Å². The fraction of sp³-hybridized carbons (Fsp3) is 0.417. The summed E-state index contributed by atoms with van der Waals surface area (Å²) in [4.78, 5) is 29.7. The van der Waals surface area contributed by atoms with Crippen LogP contribution in [0.25, 0.3) is 0 Å². The molecule has 2 aromatic rings. The van der Waals surface area contributed by atoms with Crippen molar-refractivity contribution in [3.63, 3.8) is 0 Å². The van der Waals surface area contributed by atoms with E-state index in [1.807, 2.05) is 37.3 Å². The third-order valence-corrected chi connectivity index (χ3v) is 5.79. The first-order valence-corrected chi connectivity index (χ1v) is 11.3. The molecule has 0 saturated carbocycles. The van der Waals surface area contributed by atoms with Crippen molar-refractivity contribution in [3.8, 4) is 5.75 Å². The number of carbonyl (C=O) groups is 2. The lowest BCUT2D eigenvalue weighted by molar-refractivity contribution is -0.125. The number of rotatable bonds is 9. The van der Waals surface area contributed by atoms with Gasteiger partial charge < -0.3 is 15.4 Å². The number of halogens is 1. The molecular weight excluding hydrogens is 428 g/mol. The van der Waals surface area contributed by atoms with Crippen molar-refractivity contribution in [2.45, 2.75) is 19.4 Å². The van der Waals surface area contributed by atoms with Crippen LogP contribution >= 0.6 is 11.6 Å². The second-order valence-electron chi connectivity index (χ2n) is 7.81. The first kappa shape index (κ1) is 24.0. The molecule has 0 spiro atoms. The number of benzene rings is 2. The van der Waals surface area contributed by atoms with Crippen LogP contribution in [0.1, 0.15) is 24.9 Å². The number of anilines is 1. The zero-order valence-electron chi connectivity index (χ0n) is 18.6. The maximum Gasteiger partial charge on any atom is 0.246 e. The molecule has 0 radical (unpaired) electrons. The van der Waals surface area contributed by atoms with Gasteiger partial charge in [0.25, 0.3) is 0 Å². The number of nitrogens with one attached hydrogen (secondary N) is 2. The Morgan fingerprint density at radius 2 is 1.81 bits per heavy atom. The van der Waals surface area contributed by atoms with Crippen LogP contribution in [0.4, 0.5) is 5.69 Å². The van der Waals surface area contributed by atoms with E-state index < -0.39 is 6.04 Å². The summed E-state index contributed by atoms with van der Waals surface area (Å²) in [5, 5.41) is 6.36. The van der Waals surface area contributed by atoms with Crippen LogP contribution in [0.5, 0.6) is 5.75 Å². The highest BCUT2D eigenvalue weighted by atomic mass is 35.5. The minimum absolute atomic E-state index is 0.0500. The number of piperazine rings is 1. The number of hydrogen-bond acceptors (Lipinski definition) is 5. The summed E-state index contributed by atoms with van der Waals surface area (Å²) in [6, 6.07) is 14.5. The molecule has 1 aliphatic rings. The monoisotopic (exact) mass is 458 g/mol. The van der Waals surface area contributed by atoms with Crippen LogP contribution in [0, 0.1) is 0 Å². The van der Waals surface area contributed by atoms with Gasteiger partial charge in [-0.05, 0) is 30.2 Å². The predicted molar refractivity (Wildman–Crippen MR) is 127 cm³/mol. The van der Waals surface area contributed by atoms with Crippen molar-refractivity contribution >= 4 is 29.1 Å². The molecular formula is C24H31ClN4O3. The highest BCUT2D eigenvalue weighted by Crippen LogP contribution is 2.29. The van der Waals surface area contributed by atoms with Crippen molar-refractivity contribution in [1.82, 2.24) is 15.1 Å². The lowest BCUT2D eigenvalue weighted by Crippen LogP contribution is -2.52. The van der Waals surface area contributed by atoms with E-state index in [1.54, 1.807) is 25.3 Å². The van der Waals surface area contributed by atoms with Gasteiger partial charge in [0.2, 0.25) is 11.8 Å². The van der Waals surface area contributed by atoms with Gasteiger partial charge in [0, 0.05) is 38.4 Å². The van der Waals surface area contributed by atoms with E-state index in [0.717, 1.165) is 25.1 Å². The molecule has 2 N–H and O–H groups in total. The second kappa shape index (κ2) is 11.9. The van der Waals surface area contributed by atoms with Crippen molar-refractivity contribution < 1.29 is 14.3 Å². The summed E-state index contributed by atoms with van der Waals surface area (Å²) >= 11 is 6.22. The van der Waals surface area contributed by atoms with E-state index in [2.05, 4.69) is 20.4 Å². The van der Waals surface area contributed by atoms with Gasteiger partial charge in [-0.1, -0.05) is 48.9 Å². The van der Waals surface area contributed by atoms with Gasteiger partial charge in [0.15, 0.2) is 0 Å². The summed E-state index contributed by atoms with van der Waals surface area (Å²) in [6.45, 7) is 5.96. The van der Waals surface area contributed by atoms with E-state index in [1.165, 1.54) is 0 Å².